The molecule has 0 aliphatic rings. The molecular weight excluding hydrogens is 178 g/mol. The summed E-state index contributed by atoms with van der Waals surface area (Å²) in [5.41, 5.74) is 0. The maximum Gasteiger partial charge on any atom is 0.147 e. The van der Waals surface area contributed by atoms with Gasteiger partial charge in [-0.1, -0.05) is 0 Å². The van der Waals surface area contributed by atoms with Crippen molar-refractivity contribution in [1.82, 2.24) is 5.32 Å². The Hall–Kier alpha value is -0.130. The number of sulfone groups is 1. The molecule has 0 spiro atoms. The zero-order valence-corrected chi connectivity index (χ0v) is 8.65. The van der Waals surface area contributed by atoms with E-state index < -0.39 is 9.84 Å². The van der Waals surface area contributed by atoms with Gasteiger partial charge >= 0.3 is 0 Å². The van der Waals surface area contributed by atoms with E-state index >= 15 is 0 Å². The number of hydrogen-bond acceptors (Lipinski definition) is 4. The van der Waals surface area contributed by atoms with E-state index in [1.807, 2.05) is 0 Å². The highest BCUT2D eigenvalue weighted by atomic mass is 32.2. The summed E-state index contributed by atoms with van der Waals surface area (Å²) in [6.45, 7) is 0.548. The monoisotopic (exact) mass is 195 g/mol. The molecule has 74 valence electrons. The van der Waals surface area contributed by atoms with Crippen molar-refractivity contribution in [3.05, 3.63) is 0 Å². The fraction of sp³-hybridized carbons (Fsp3) is 1.00. The average molecular weight is 195 g/mol. The lowest BCUT2D eigenvalue weighted by Crippen LogP contribution is -2.31. The molecule has 1 atom stereocenters. The SMILES string of the molecule is CNC(CCS(C)(=O)=O)COC. The molecule has 0 aliphatic heterocycles. The van der Waals surface area contributed by atoms with Crippen molar-refractivity contribution in [2.75, 3.05) is 32.8 Å². The summed E-state index contributed by atoms with van der Waals surface area (Å²) in [4.78, 5) is 0. The fourth-order valence-corrected chi connectivity index (χ4v) is 1.58. The predicted molar refractivity (Wildman–Crippen MR) is 49.1 cm³/mol. The lowest BCUT2D eigenvalue weighted by Gasteiger charge is -2.13. The van der Waals surface area contributed by atoms with Crippen molar-refractivity contribution in [1.29, 1.82) is 0 Å². The summed E-state index contributed by atoms with van der Waals surface area (Å²) in [5, 5.41) is 2.99. The molecule has 0 heterocycles. The standard InChI is InChI=1S/C7H17NO3S/c1-8-7(6-11-2)4-5-12(3,9)10/h7-8H,4-6H2,1-3H3. The highest BCUT2D eigenvalue weighted by Crippen LogP contribution is 1.95. The van der Waals surface area contributed by atoms with Crippen molar-refractivity contribution in [3.63, 3.8) is 0 Å². The van der Waals surface area contributed by atoms with E-state index in [0.29, 0.717) is 13.0 Å². The summed E-state index contributed by atoms with van der Waals surface area (Å²) in [6.07, 6.45) is 1.84. The lowest BCUT2D eigenvalue weighted by molar-refractivity contribution is 0.168. The van der Waals surface area contributed by atoms with Gasteiger partial charge in [0.25, 0.3) is 0 Å². The van der Waals surface area contributed by atoms with E-state index in [2.05, 4.69) is 5.32 Å². The summed E-state index contributed by atoms with van der Waals surface area (Å²) in [7, 11) is 0.556. The van der Waals surface area contributed by atoms with Crippen LogP contribution in [0.4, 0.5) is 0 Å². The van der Waals surface area contributed by atoms with Gasteiger partial charge in [-0.2, -0.15) is 0 Å². The number of methoxy groups -OCH3 is 1. The van der Waals surface area contributed by atoms with Gasteiger partial charge in [-0.3, -0.25) is 0 Å². The zero-order chi connectivity index (χ0) is 9.61. The first-order chi connectivity index (χ1) is 5.49. The highest BCUT2D eigenvalue weighted by molar-refractivity contribution is 7.90. The van der Waals surface area contributed by atoms with Crippen LogP contribution in [0.3, 0.4) is 0 Å². The molecule has 0 fully saturated rings. The average Bonchev–Trinajstić information content (AvgIpc) is 1.96. The molecule has 1 N–H and O–H groups in total. The van der Waals surface area contributed by atoms with Crippen molar-refractivity contribution in [3.8, 4) is 0 Å². The van der Waals surface area contributed by atoms with Crippen LogP contribution in [-0.4, -0.2) is 47.2 Å². The van der Waals surface area contributed by atoms with Crippen LogP contribution in [0.5, 0.6) is 0 Å². The topological polar surface area (TPSA) is 55.4 Å². The quantitative estimate of drug-likeness (QED) is 0.630. The van der Waals surface area contributed by atoms with Crippen LogP contribution in [0.2, 0.25) is 0 Å². The molecule has 0 bridgehead atoms. The second-order valence-electron chi connectivity index (χ2n) is 2.86. The molecule has 4 nitrogen and oxygen atoms in total. The van der Waals surface area contributed by atoms with Crippen LogP contribution in [0.1, 0.15) is 6.42 Å². The fourth-order valence-electron chi connectivity index (χ4n) is 0.869. The third-order valence-corrected chi connectivity index (χ3v) is 2.59. The van der Waals surface area contributed by atoms with Crippen LogP contribution in [0.25, 0.3) is 0 Å². The van der Waals surface area contributed by atoms with E-state index in [9.17, 15) is 8.42 Å². The summed E-state index contributed by atoms with van der Waals surface area (Å²) >= 11 is 0. The van der Waals surface area contributed by atoms with Gasteiger partial charge in [-0.15, -0.1) is 0 Å². The molecule has 0 aromatic carbocycles. The molecule has 1 unspecified atom stereocenters. The molecule has 0 saturated carbocycles. The third-order valence-electron chi connectivity index (χ3n) is 1.61. The second kappa shape index (κ2) is 5.50. The second-order valence-corrected chi connectivity index (χ2v) is 5.12. The summed E-state index contributed by atoms with van der Waals surface area (Å²) in [6, 6.07) is 0.129. The molecule has 12 heavy (non-hydrogen) atoms. The normalized spacial score (nSPS) is 14.6. The molecule has 0 amide bonds. The molecular formula is C7H17NO3S. The van der Waals surface area contributed by atoms with E-state index in [1.165, 1.54) is 6.26 Å². The lowest BCUT2D eigenvalue weighted by atomic mass is 10.2. The van der Waals surface area contributed by atoms with Crippen molar-refractivity contribution in [2.45, 2.75) is 12.5 Å². The summed E-state index contributed by atoms with van der Waals surface area (Å²) in [5.74, 6) is 0.210. The molecule has 0 aliphatic carbocycles. The van der Waals surface area contributed by atoms with Gasteiger partial charge in [0.15, 0.2) is 0 Å². The predicted octanol–water partition coefficient (Wildman–Crippen LogP) is -0.344. The number of hydrogen-bond donors (Lipinski definition) is 1. The summed E-state index contributed by atoms with van der Waals surface area (Å²) < 4.78 is 26.5. The van der Waals surface area contributed by atoms with Crippen molar-refractivity contribution >= 4 is 9.84 Å². The third kappa shape index (κ3) is 6.57. The molecule has 0 aromatic rings. The van der Waals surface area contributed by atoms with Gasteiger partial charge in [0.1, 0.15) is 9.84 Å². The van der Waals surface area contributed by atoms with E-state index in [-0.39, 0.29) is 11.8 Å². The van der Waals surface area contributed by atoms with Crippen LogP contribution >= 0.6 is 0 Å². The van der Waals surface area contributed by atoms with Crippen LogP contribution < -0.4 is 5.32 Å². The largest absolute Gasteiger partial charge is 0.383 e. The Bertz CT molecular complexity index is 201. The minimum absolute atomic E-state index is 0.129. The number of likely N-dealkylation sites (N-methyl/N-ethyl adjacent to an activating group) is 1. The minimum atomic E-state index is -2.84. The van der Waals surface area contributed by atoms with Crippen LogP contribution in [-0.2, 0) is 14.6 Å². The first kappa shape index (κ1) is 11.9. The Kier molecular flexibility index (Phi) is 5.44. The Labute approximate surface area is 74.2 Å². The van der Waals surface area contributed by atoms with Gasteiger partial charge in [-0.05, 0) is 13.5 Å². The first-order valence-electron chi connectivity index (χ1n) is 3.83. The molecule has 0 radical (unpaired) electrons. The maximum absolute atomic E-state index is 10.8. The number of nitrogens with one attached hydrogen (secondary N) is 1. The molecule has 0 saturated heterocycles. The Balaban J connectivity index is 3.73. The van der Waals surface area contributed by atoms with E-state index in [1.54, 1.807) is 14.2 Å². The zero-order valence-electron chi connectivity index (χ0n) is 7.83. The smallest absolute Gasteiger partial charge is 0.147 e. The number of rotatable bonds is 6. The minimum Gasteiger partial charge on any atom is -0.383 e. The Morgan fingerprint density at radius 2 is 2.08 bits per heavy atom. The Morgan fingerprint density at radius 1 is 1.50 bits per heavy atom. The van der Waals surface area contributed by atoms with E-state index in [4.69, 9.17) is 4.74 Å². The maximum atomic E-state index is 10.8. The molecule has 0 rings (SSSR count). The van der Waals surface area contributed by atoms with Crippen molar-refractivity contribution < 1.29 is 13.2 Å². The van der Waals surface area contributed by atoms with Crippen LogP contribution in [0.15, 0.2) is 0 Å². The first-order valence-corrected chi connectivity index (χ1v) is 5.89. The van der Waals surface area contributed by atoms with Gasteiger partial charge in [0.2, 0.25) is 0 Å². The van der Waals surface area contributed by atoms with Gasteiger partial charge in [0, 0.05) is 19.4 Å². The molecule has 0 aromatic heterocycles. The van der Waals surface area contributed by atoms with Crippen molar-refractivity contribution in [2.24, 2.45) is 0 Å². The highest BCUT2D eigenvalue weighted by Gasteiger charge is 2.09. The number of ether oxygens (including phenoxy) is 1. The van der Waals surface area contributed by atoms with Gasteiger partial charge < -0.3 is 10.1 Å². The van der Waals surface area contributed by atoms with Gasteiger partial charge in [0.05, 0.1) is 12.4 Å². The van der Waals surface area contributed by atoms with Crippen LogP contribution in [0, 0.1) is 0 Å². The Morgan fingerprint density at radius 3 is 2.42 bits per heavy atom. The molecule has 5 heteroatoms. The van der Waals surface area contributed by atoms with E-state index in [0.717, 1.165) is 0 Å². The van der Waals surface area contributed by atoms with Gasteiger partial charge in [-0.25, -0.2) is 8.42 Å².